The molecule has 0 atom stereocenters. The van der Waals surface area contributed by atoms with Crippen LogP contribution in [0.2, 0.25) is 0 Å². The largest absolute Gasteiger partial charge is 0.379 e. The molecule has 2 saturated heterocycles. The van der Waals surface area contributed by atoms with Gasteiger partial charge in [0.2, 0.25) is 15.9 Å². The summed E-state index contributed by atoms with van der Waals surface area (Å²) in [7, 11) is -3.51. The number of hydrogen-bond acceptors (Lipinski definition) is 6. The van der Waals surface area contributed by atoms with Crippen molar-refractivity contribution < 1.29 is 22.7 Å². The predicted molar refractivity (Wildman–Crippen MR) is 126 cm³/mol. The van der Waals surface area contributed by atoms with E-state index >= 15 is 0 Å². The highest BCUT2D eigenvalue weighted by Crippen LogP contribution is 2.19. The molecule has 2 amide bonds. The molecule has 4 rings (SSSR count). The zero-order valence-electron chi connectivity index (χ0n) is 18.4. The quantitative estimate of drug-likeness (QED) is 0.640. The van der Waals surface area contributed by atoms with E-state index < -0.39 is 10.0 Å². The molecule has 1 N–H and O–H groups in total. The van der Waals surface area contributed by atoms with E-state index in [2.05, 4.69) is 5.32 Å². The maximum absolute atomic E-state index is 12.7. The van der Waals surface area contributed by atoms with Crippen LogP contribution in [0.1, 0.15) is 35.2 Å². The Labute approximate surface area is 198 Å². The van der Waals surface area contributed by atoms with Crippen molar-refractivity contribution in [1.29, 1.82) is 0 Å². The number of amides is 2. The molecular formula is C23H29N3O5S2. The summed E-state index contributed by atoms with van der Waals surface area (Å²) in [6.07, 6.45) is 2.43. The van der Waals surface area contributed by atoms with Crippen molar-refractivity contribution in [1.82, 2.24) is 14.5 Å². The van der Waals surface area contributed by atoms with Gasteiger partial charge in [0.25, 0.3) is 5.91 Å². The molecule has 0 spiro atoms. The van der Waals surface area contributed by atoms with Gasteiger partial charge in [0.1, 0.15) is 0 Å². The van der Waals surface area contributed by atoms with Crippen LogP contribution in [0.25, 0.3) is 0 Å². The molecule has 33 heavy (non-hydrogen) atoms. The number of piperidine rings is 1. The summed E-state index contributed by atoms with van der Waals surface area (Å²) < 4.78 is 32.1. The topological polar surface area (TPSA) is 96.0 Å². The number of thiophene rings is 1. The van der Waals surface area contributed by atoms with Crippen molar-refractivity contribution in [2.45, 2.75) is 36.6 Å². The number of benzene rings is 1. The molecule has 2 aliphatic rings. The first-order valence-corrected chi connectivity index (χ1v) is 13.6. The first-order valence-electron chi connectivity index (χ1n) is 11.2. The Hall–Kier alpha value is -2.27. The fourth-order valence-corrected chi connectivity index (χ4v) is 6.15. The Morgan fingerprint density at radius 1 is 1.03 bits per heavy atom. The monoisotopic (exact) mass is 491 g/mol. The number of nitrogens with one attached hydrogen (secondary N) is 1. The molecule has 0 radical (unpaired) electrons. The zero-order chi connectivity index (χ0) is 23.3. The van der Waals surface area contributed by atoms with Crippen LogP contribution >= 0.6 is 11.3 Å². The van der Waals surface area contributed by atoms with E-state index in [0.717, 1.165) is 18.4 Å². The number of carbonyl (C=O) groups is 2. The van der Waals surface area contributed by atoms with Crippen LogP contribution in [0.5, 0.6) is 0 Å². The van der Waals surface area contributed by atoms with Crippen molar-refractivity contribution in [3.63, 3.8) is 0 Å². The molecule has 2 aromatic rings. The lowest BCUT2D eigenvalue weighted by Gasteiger charge is -2.32. The van der Waals surface area contributed by atoms with Gasteiger partial charge in [-0.25, -0.2) is 8.42 Å². The highest BCUT2D eigenvalue weighted by atomic mass is 32.2. The van der Waals surface area contributed by atoms with Crippen LogP contribution in [0.15, 0.2) is 46.0 Å². The Bertz CT molecular complexity index is 1040. The lowest BCUT2D eigenvalue weighted by Crippen LogP contribution is -2.46. The summed E-state index contributed by atoms with van der Waals surface area (Å²) in [5.41, 5.74) is 1.62. The van der Waals surface area contributed by atoms with Crippen LogP contribution < -0.4 is 5.32 Å². The summed E-state index contributed by atoms with van der Waals surface area (Å²) in [6.45, 7) is 2.82. The van der Waals surface area contributed by atoms with Crippen LogP contribution in [-0.2, 0) is 26.0 Å². The molecule has 0 unspecified atom stereocenters. The van der Waals surface area contributed by atoms with Gasteiger partial charge in [0.05, 0.1) is 18.1 Å². The minimum Gasteiger partial charge on any atom is -0.379 e. The lowest BCUT2D eigenvalue weighted by atomic mass is 10.0. The summed E-state index contributed by atoms with van der Waals surface area (Å²) in [5.74, 6) is 0.0303. The predicted octanol–water partition coefficient (Wildman–Crippen LogP) is 2.12. The molecule has 2 aliphatic heterocycles. The normalized spacial score (nSPS) is 18.2. The smallest absolute Gasteiger partial charge is 0.252 e. The molecule has 1 aromatic heterocycles. The summed E-state index contributed by atoms with van der Waals surface area (Å²) in [6, 6.07) is 8.70. The third kappa shape index (κ3) is 6.00. The van der Waals surface area contributed by atoms with Crippen molar-refractivity contribution in [2.24, 2.45) is 0 Å². The van der Waals surface area contributed by atoms with Crippen molar-refractivity contribution >= 4 is 33.2 Å². The maximum atomic E-state index is 12.7. The second-order valence-corrected chi connectivity index (χ2v) is 11.0. The van der Waals surface area contributed by atoms with Crippen LogP contribution in [-0.4, -0.2) is 74.9 Å². The molecule has 1 aromatic carbocycles. The number of sulfonamides is 1. The Kier molecular flexibility index (Phi) is 7.79. The highest BCUT2D eigenvalue weighted by Gasteiger charge is 2.27. The van der Waals surface area contributed by atoms with E-state index in [1.54, 1.807) is 24.3 Å². The first-order chi connectivity index (χ1) is 15.9. The average Bonchev–Trinajstić information content (AvgIpc) is 3.39. The second-order valence-electron chi connectivity index (χ2n) is 8.30. The molecule has 0 aliphatic carbocycles. The first kappa shape index (κ1) is 23.9. The standard InChI is InChI=1S/C23H29N3O5S2/c27-22(25-10-7-20(8-11-25)24-23(28)19-9-16-32-17-19)6-3-18-1-4-21(5-2-18)33(29,30)26-12-14-31-15-13-26/h1-2,4-5,9,16-17,20H,3,6-8,10-15H2,(H,24,28). The third-order valence-corrected chi connectivity index (χ3v) is 8.72. The van der Waals surface area contributed by atoms with E-state index in [1.807, 2.05) is 21.7 Å². The van der Waals surface area contributed by atoms with E-state index in [-0.39, 0.29) is 22.8 Å². The van der Waals surface area contributed by atoms with E-state index in [1.165, 1.54) is 15.6 Å². The third-order valence-electron chi connectivity index (χ3n) is 6.12. The summed E-state index contributed by atoms with van der Waals surface area (Å²) in [4.78, 5) is 27.0. The number of rotatable bonds is 7. The van der Waals surface area contributed by atoms with E-state index in [9.17, 15) is 18.0 Å². The Balaban J connectivity index is 1.22. The fraction of sp³-hybridized carbons (Fsp3) is 0.478. The Morgan fingerprint density at radius 3 is 2.36 bits per heavy atom. The van der Waals surface area contributed by atoms with Crippen molar-refractivity contribution in [2.75, 3.05) is 39.4 Å². The number of ether oxygens (including phenoxy) is 1. The molecule has 178 valence electrons. The van der Waals surface area contributed by atoms with Crippen LogP contribution in [0.4, 0.5) is 0 Å². The number of hydrogen-bond donors (Lipinski definition) is 1. The summed E-state index contributed by atoms with van der Waals surface area (Å²) >= 11 is 1.50. The van der Waals surface area contributed by atoms with Gasteiger partial charge in [0.15, 0.2) is 0 Å². The number of carbonyl (C=O) groups excluding carboxylic acids is 2. The fourth-order valence-electron chi connectivity index (χ4n) is 4.11. The maximum Gasteiger partial charge on any atom is 0.252 e. The van der Waals surface area contributed by atoms with Gasteiger partial charge in [-0.2, -0.15) is 15.6 Å². The molecule has 3 heterocycles. The van der Waals surface area contributed by atoms with E-state index in [0.29, 0.717) is 57.8 Å². The molecule has 0 bridgehead atoms. The van der Waals surface area contributed by atoms with Gasteiger partial charge < -0.3 is 15.0 Å². The minimum absolute atomic E-state index is 0.0555. The van der Waals surface area contributed by atoms with Gasteiger partial charge >= 0.3 is 0 Å². The molecule has 10 heteroatoms. The van der Waals surface area contributed by atoms with E-state index in [4.69, 9.17) is 4.74 Å². The number of likely N-dealkylation sites (tertiary alicyclic amines) is 1. The van der Waals surface area contributed by atoms with Gasteiger partial charge in [-0.15, -0.1) is 0 Å². The molecule has 0 saturated carbocycles. The second kappa shape index (κ2) is 10.8. The van der Waals surface area contributed by atoms with Gasteiger partial charge in [-0.05, 0) is 48.4 Å². The number of morpholine rings is 1. The van der Waals surface area contributed by atoms with Gasteiger partial charge in [-0.1, -0.05) is 12.1 Å². The van der Waals surface area contributed by atoms with Crippen LogP contribution in [0.3, 0.4) is 0 Å². The van der Waals surface area contributed by atoms with Crippen molar-refractivity contribution in [3.05, 3.63) is 52.2 Å². The van der Waals surface area contributed by atoms with Crippen molar-refractivity contribution in [3.8, 4) is 0 Å². The number of nitrogens with zero attached hydrogens (tertiary/aromatic N) is 2. The van der Waals surface area contributed by atoms with Crippen LogP contribution in [0, 0.1) is 0 Å². The zero-order valence-corrected chi connectivity index (χ0v) is 20.1. The molecule has 2 fully saturated rings. The van der Waals surface area contributed by atoms with Gasteiger partial charge in [0, 0.05) is 49.6 Å². The average molecular weight is 492 g/mol. The number of aryl methyl sites for hydroxylation is 1. The highest BCUT2D eigenvalue weighted by molar-refractivity contribution is 7.89. The molecular weight excluding hydrogens is 462 g/mol. The lowest BCUT2D eigenvalue weighted by molar-refractivity contribution is -0.132. The molecule has 8 nitrogen and oxygen atoms in total. The Morgan fingerprint density at radius 2 is 1.73 bits per heavy atom. The van der Waals surface area contributed by atoms with Gasteiger partial charge in [-0.3, -0.25) is 9.59 Å². The SMILES string of the molecule is O=C(NC1CCN(C(=O)CCc2ccc(S(=O)(=O)N3CCOCC3)cc2)CC1)c1ccsc1. The summed E-state index contributed by atoms with van der Waals surface area (Å²) in [5, 5.41) is 6.76. The minimum atomic E-state index is -3.51.